The lowest BCUT2D eigenvalue weighted by Crippen LogP contribution is -2.48. The largest absolute Gasteiger partial charge is 0.355 e. The van der Waals surface area contributed by atoms with Gasteiger partial charge in [-0.15, -0.1) is 0 Å². The van der Waals surface area contributed by atoms with Crippen molar-refractivity contribution in [3.05, 3.63) is 73.8 Å². The molecule has 29 heavy (non-hydrogen) atoms. The highest BCUT2D eigenvalue weighted by Gasteiger charge is 2.28. The Kier molecular flexibility index (Phi) is 7.99. The van der Waals surface area contributed by atoms with Crippen LogP contribution in [-0.4, -0.2) is 34.2 Å². The smallest absolute Gasteiger partial charge is 0.273 e. The van der Waals surface area contributed by atoms with E-state index >= 15 is 0 Å². The number of amides is 2. The number of para-hydroxylation sites is 1. The zero-order chi connectivity index (χ0) is 21.6. The summed E-state index contributed by atoms with van der Waals surface area (Å²) in [6.07, 6.45) is -0.233. The Hall–Kier alpha value is -2.64. The van der Waals surface area contributed by atoms with E-state index in [9.17, 15) is 19.7 Å². The molecule has 1 N–H and O–H groups in total. The van der Waals surface area contributed by atoms with Crippen LogP contribution in [0.5, 0.6) is 0 Å². The summed E-state index contributed by atoms with van der Waals surface area (Å²) in [6, 6.07) is 10.2. The first-order valence-electron chi connectivity index (χ1n) is 8.98. The monoisotopic (exact) mass is 437 g/mol. The van der Waals surface area contributed by atoms with Crippen molar-refractivity contribution in [1.29, 1.82) is 0 Å². The van der Waals surface area contributed by atoms with Gasteiger partial charge >= 0.3 is 0 Å². The summed E-state index contributed by atoms with van der Waals surface area (Å²) in [4.78, 5) is 37.6. The fourth-order valence-electron chi connectivity index (χ4n) is 2.86. The average molecular weight is 438 g/mol. The van der Waals surface area contributed by atoms with Crippen LogP contribution in [0.1, 0.15) is 25.0 Å². The molecular formula is C20H21Cl2N3O4. The number of nitro groups is 1. The van der Waals surface area contributed by atoms with Gasteiger partial charge in [-0.05, 0) is 26.0 Å². The van der Waals surface area contributed by atoms with Gasteiger partial charge in [0.1, 0.15) is 6.04 Å². The highest BCUT2D eigenvalue weighted by Crippen LogP contribution is 2.27. The fraction of sp³-hybridized carbons (Fsp3) is 0.300. The van der Waals surface area contributed by atoms with Gasteiger partial charge in [-0.25, -0.2) is 0 Å². The normalized spacial score (nSPS) is 11.6. The molecule has 1 unspecified atom stereocenters. The molecule has 0 heterocycles. The van der Waals surface area contributed by atoms with Gasteiger partial charge in [0.2, 0.25) is 11.8 Å². The molecule has 0 radical (unpaired) electrons. The lowest BCUT2D eigenvalue weighted by atomic mass is 10.1. The maximum atomic E-state index is 13.1. The standard InChI is InChI=1S/C20H21Cl2N3O4/c1-3-23-20(27)13(2)24(12-15-16(21)8-6-9-17(15)22)19(26)11-14-7-4-5-10-18(14)25(28)29/h4-10,13H,3,11-12H2,1-2H3,(H,23,27). The number of hydrogen-bond donors (Lipinski definition) is 1. The lowest BCUT2D eigenvalue weighted by Gasteiger charge is -2.29. The maximum absolute atomic E-state index is 13.1. The number of carbonyl (C=O) groups excluding carboxylic acids is 2. The summed E-state index contributed by atoms with van der Waals surface area (Å²) in [5.41, 5.74) is 0.617. The van der Waals surface area contributed by atoms with E-state index in [1.807, 2.05) is 0 Å². The molecule has 0 aliphatic heterocycles. The molecule has 0 bridgehead atoms. The van der Waals surface area contributed by atoms with Gasteiger partial charge in [0.15, 0.2) is 0 Å². The highest BCUT2D eigenvalue weighted by atomic mass is 35.5. The van der Waals surface area contributed by atoms with Crippen LogP contribution in [0.2, 0.25) is 10.0 Å². The lowest BCUT2D eigenvalue weighted by molar-refractivity contribution is -0.385. The molecule has 2 amide bonds. The van der Waals surface area contributed by atoms with Gasteiger partial charge in [-0.3, -0.25) is 19.7 Å². The summed E-state index contributed by atoms with van der Waals surface area (Å²) in [5, 5.41) is 14.7. The summed E-state index contributed by atoms with van der Waals surface area (Å²) in [6.45, 7) is 3.76. The molecule has 9 heteroatoms. The van der Waals surface area contributed by atoms with Crippen LogP contribution in [-0.2, 0) is 22.6 Å². The van der Waals surface area contributed by atoms with E-state index in [1.165, 1.54) is 23.1 Å². The Bertz CT molecular complexity index is 900. The number of hydrogen-bond acceptors (Lipinski definition) is 4. The van der Waals surface area contributed by atoms with Gasteiger partial charge in [-0.2, -0.15) is 0 Å². The van der Waals surface area contributed by atoms with Crippen molar-refractivity contribution in [3.8, 4) is 0 Å². The van der Waals surface area contributed by atoms with Crippen LogP contribution in [0.3, 0.4) is 0 Å². The summed E-state index contributed by atoms with van der Waals surface area (Å²) in [5.74, 6) is -0.791. The molecule has 0 aliphatic carbocycles. The van der Waals surface area contributed by atoms with Crippen LogP contribution >= 0.6 is 23.2 Å². The van der Waals surface area contributed by atoms with Gasteiger partial charge < -0.3 is 10.2 Å². The molecule has 0 aliphatic rings. The third kappa shape index (κ3) is 5.68. The van der Waals surface area contributed by atoms with Crippen molar-refractivity contribution in [3.63, 3.8) is 0 Å². The van der Waals surface area contributed by atoms with E-state index in [0.29, 0.717) is 22.2 Å². The Morgan fingerprint density at radius 3 is 2.34 bits per heavy atom. The minimum Gasteiger partial charge on any atom is -0.355 e. The molecule has 0 fully saturated rings. The summed E-state index contributed by atoms with van der Waals surface area (Å²) < 4.78 is 0. The molecule has 0 saturated heterocycles. The average Bonchev–Trinajstić information content (AvgIpc) is 2.67. The van der Waals surface area contributed by atoms with E-state index in [2.05, 4.69) is 5.32 Å². The Morgan fingerprint density at radius 2 is 1.76 bits per heavy atom. The summed E-state index contributed by atoms with van der Waals surface area (Å²) in [7, 11) is 0. The molecule has 2 rings (SSSR count). The Labute approximate surface area is 178 Å². The maximum Gasteiger partial charge on any atom is 0.273 e. The number of rotatable bonds is 8. The number of carbonyl (C=O) groups is 2. The molecule has 2 aromatic rings. The van der Waals surface area contributed by atoms with Crippen molar-refractivity contribution >= 4 is 40.7 Å². The second kappa shape index (κ2) is 10.2. The van der Waals surface area contributed by atoms with E-state index in [1.54, 1.807) is 38.1 Å². The minimum absolute atomic E-state index is 0.00370. The first-order chi connectivity index (χ1) is 13.8. The Balaban J connectivity index is 2.38. The zero-order valence-electron chi connectivity index (χ0n) is 16.0. The fourth-order valence-corrected chi connectivity index (χ4v) is 3.38. The van der Waals surface area contributed by atoms with Crippen LogP contribution in [0, 0.1) is 10.1 Å². The number of nitrogens with one attached hydrogen (secondary N) is 1. The summed E-state index contributed by atoms with van der Waals surface area (Å²) >= 11 is 12.5. The quantitative estimate of drug-likeness (QED) is 0.498. The van der Waals surface area contributed by atoms with Gasteiger partial charge in [0, 0.05) is 40.3 Å². The molecule has 0 aromatic heterocycles. The highest BCUT2D eigenvalue weighted by molar-refractivity contribution is 6.36. The predicted octanol–water partition coefficient (Wildman–Crippen LogP) is 4.00. The molecule has 0 spiro atoms. The van der Waals surface area contributed by atoms with Crippen molar-refractivity contribution in [1.82, 2.24) is 10.2 Å². The molecule has 2 aromatic carbocycles. The second-order valence-electron chi connectivity index (χ2n) is 6.36. The number of likely N-dealkylation sites (N-methyl/N-ethyl adjacent to an activating group) is 1. The van der Waals surface area contributed by atoms with Crippen molar-refractivity contribution < 1.29 is 14.5 Å². The SMILES string of the molecule is CCNC(=O)C(C)N(Cc1c(Cl)cccc1Cl)C(=O)Cc1ccccc1[N+](=O)[O-]. The first-order valence-corrected chi connectivity index (χ1v) is 9.74. The van der Waals surface area contributed by atoms with Crippen LogP contribution in [0.4, 0.5) is 5.69 Å². The Morgan fingerprint density at radius 1 is 1.14 bits per heavy atom. The number of halogens is 2. The zero-order valence-corrected chi connectivity index (χ0v) is 17.5. The van der Waals surface area contributed by atoms with Crippen LogP contribution in [0.25, 0.3) is 0 Å². The number of nitro benzene ring substituents is 1. The topological polar surface area (TPSA) is 92.6 Å². The van der Waals surface area contributed by atoms with Crippen molar-refractivity contribution in [2.24, 2.45) is 0 Å². The molecule has 1 atom stereocenters. The minimum atomic E-state index is -0.822. The predicted molar refractivity (Wildman–Crippen MR) is 112 cm³/mol. The van der Waals surface area contributed by atoms with E-state index in [0.717, 1.165) is 0 Å². The van der Waals surface area contributed by atoms with Crippen LogP contribution in [0.15, 0.2) is 42.5 Å². The molecule has 154 valence electrons. The van der Waals surface area contributed by atoms with Crippen LogP contribution < -0.4 is 5.32 Å². The van der Waals surface area contributed by atoms with Crippen molar-refractivity contribution in [2.45, 2.75) is 32.9 Å². The number of benzene rings is 2. The van der Waals surface area contributed by atoms with Gasteiger partial charge in [0.25, 0.3) is 5.69 Å². The van der Waals surface area contributed by atoms with E-state index < -0.39 is 16.9 Å². The van der Waals surface area contributed by atoms with Gasteiger partial charge in [0.05, 0.1) is 11.3 Å². The molecule has 7 nitrogen and oxygen atoms in total. The second-order valence-corrected chi connectivity index (χ2v) is 7.17. The van der Waals surface area contributed by atoms with E-state index in [-0.39, 0.29) is 30.1 Å². The third-order valence-corrected chi connectivity index (χ3v) is 5.15. The third-order valence-electron chi connectivity index (χ3n) is 4.44. The first kappa shape index (κ1) is 22.6. The number of nitrogens with zero attached hydrogens (tertiary/aromatic N) is 2. The molecular weight excluding hydrogens is 417 g/mol. The van der Waals surface area contributed by atoms with E-state index in [4.69, 9.17) is 23.2 Å². The van der Waals surface area contributed by atoms with Crippen molar-refractivity contribution in [2.75, 3.05) is 6.54 Å². The molecule has 0 saturated carbocycles. The van der Waals surface area contributed by atoms with Gasteiger partial charge in [-0.1, -0.05) is 47.5 Å².